The number of hydrogen-bond acceptors (Lipinski definition) is 7. The van der Waals surface area contributed by atoms with Gasteiger partial charge in [-0.05, 0) is 36.2 Å². The van der Waals surface area contributed by atoms with Crippen LogP contribution in [0.2, 0.25) is 0 Å². The van der Waals surface area contributed by atoms with Gasteiger partial charge in [0.2, 0.25) is 17.8 Å². The van der Waals surface area contributed by atoms with E-state index in [9.17, 15) is 9.59 Å². The van der Waals surface area contributed by atoms with Crippen molar-refractivity contribution in [3.8, 4) is 28.7 Å². The third kappa shape index (κ3) is 4.86. The van der Waals surface area contributed by atoms with Crippen molar-refractivity contribution in [2.24, 2.45) is 0 Å². The van der Waals surface area contributed by atoms with Crippen LogP contribution in [0, 0.1) is 0 Å². The Balaban J connectivity index is 1.50. The van der Waals surface area contributed by atoms with Gasteiger partial charge >= 0.3 is 0 Å². The average molecular weight is 416 g/mol. The molecule has 9 heteroatoms. The zero-order chi connectivity index (χ0) is 21.5. The molecule has 1 aliphatic rings. The van der Waals surface area contributed by atoms with Gasteiger partial charge in [-0.15, -0.1) is 0 Å². The van der Waals surface area contributed by atoms with E-state index in [1.165, 1.54) is 21.3 Å². The summed E-state index contributed by atoms with van der Waals surface area (Å²) in [5, 5.41) is 0. The standard InChI is InChI=1S/C21H24N2O7/c1-26-16-10-13(11-17(27-2)20(16)28-3)8-9-19(24)22-23-21(25)18-12-29-14-6-4-5-7-15(14)30-18/h4-7,10-11,18H,8-9,12H2,1-3H3,(H,22,24)(H,23,25). The first-order valence-electron chi connectivity index (χ1n) is 9.31. The van der Waals surface area contributed by atoms with Gasteiger partial charge in [0.25, 0.3) is 5.91 Å². The van der Waals surface area contributed by atoms with Crippen LogP contribution >= 0.6 is 0 Å². The summed E-state index contributed by atoms with van der Waals surface area (Å²) < 4.78 is 27.0. The monoisotopic (exact) mass is 416 g/mol. The highest BCUT2D eigenvalue weighted by Gasteiger charge is 2.27. The summed E-state index contributed by atoms with van der Waals surface area (Å²) >= 11 is 0. The molecule has 0 spiro atoms. The molecule has 160 valence electrons. The lowest BCUT2D eigenvalue weighted by molar-refractivity contribution is -0.135. The Morgan fingerprint density at radius 2 is 1.67 bits per heavy atom. The van der Waals surface area contributed by atoms with E-state index in [0.29, 0.717) is 35.2 Å². The summed E-state index contributed by atoms with van der Waals surface area (Å²) in [7, 11) is 4.58. The predicted octanol–water partition coefficient (Wildman–Crippen LogP) is 1.63. The number of ether oxygens (including phenoxy) is 5. The highest BCUT2D eigenvalue weighted by Crippen LogP contribution is 2.38. The number of carbonyl (C=O) groups is 2. The number of aryl methyl sites for hydroxylation is 1. The number of methoxy groups -OCH3 is 3. The first kappa shape index (κ1) is 21.1. The van der Waals surface area contributed by atoms with Crippen LogP contribution in [0.4, 0.5) is 0 Å². The van der Waals surface area contributed by atoms with E-state index < -0.39 is 12.0 Å². The Morgan fingerprint density at radius 3 is 2.30 bits per heavy atom. The van der Waals surface area contributed by atoms with Crippen LogP contribution in [0.25, 0.3) is 0 Å². The highest BCUT2D eigenvalue weighted by molar-refractivity contribution is 5.85. The summed E-state index contributed by atoms with van der Waals surface area (Å²) in [5.41, 5.74) is 5.59. The third-order valence-electron chi connectivity index (χ3n) is 4.49. The fraction of sp³-hybridized carbons (Fsp3) is 0.333. The maximum absolute atomic E-state index is 12.2. The Hall–Kier alpha value is -3.62. The van der Waals surface area contributed by atoms with Crippen LogP contribution in [0.15, 0.2) is 36.4 Å². The second-order valence-electron chi connectivity index (χ2n) is 6.44. The summed E-state index contributed by atoms with van der Waals surface area (Å²) in [6.45, 7) is 0.0597. The molecule has 1 aliphatic heterocycles. The van der Waals surface area contributed by atoms with Gasteiger partial charge in [-0.25, -0.2) is 0 Å². The molecule has 2 aromatic carbocycles. The van der Waals surface area contributed by atoms with Gasteiger partial charge in [0.05, 0.1) is 21.3 Å². The first-order valence-corrected chi connectivity index (χ1v) is 9.31. The van der Waals surface area contributed by atoms with Crippen molar-refractivity contribution >= 4 is 11.8 Å². The van der Waals surface area contributed by atoms with E-state index in [2.05, 4.69) is 10.9 Å². The van der Waals surface area contributed by atoms with Gasteiger partial charge in [0, 0.05) is 6.42 Å². The predicted molar refractivity (Wildman–Crippen MR) is 107 cm³/mol. The van der Waals surface area contributed by atoms with E-state index in [1.807, 2.05) is 6.07 Å². The zero-order valence-electron chi connectivity index (χ0n) is 17.0. The van der Waals surface area contributed by atoms with Crippen molar-refractivity contribution in [3.63, 3.8) is 0 Å². The van der Waals surface area contributed by atoms with Crippen molar-refractivity contribution in [1.82, 2.24) is 10.9 Å². The Labute approximate surface area is 174 Å². The number of rotatable bonds is 7. The van der Waals surface area contributed by atoms with E-state index in [1.54, 1.807) is 30.3 Å². The van der Waals surface area contributed by atoms with Gasteiger partial charge in [-0.3, -0.25) is 20.4 Å². The van der Waals surface area contributed by atoms with Crippen molar-refractivity contribution in [3.05, 3.63) is 42.0 Å². The van der Waals surface area contributed by atoms with E-state index in [-0.39, 0.29) is 18.9 Å². The molecule has 0 saturated heterocycles. The van der Waals surface area contributed by atoms with Gasteiger partial charge in [-0.1, -0.05) is 12.1 Å². The van der Waals surface area contributed by atoms with E-state index in [4.69, 9.17) is 23.7 Å². The first-order chi connectivity index (χ1) is 14.5. The lowest BCUT2D eigenvalue weighted by atomic mass is 10.1. The van der Waals surface area contributed by atoms with Crippen LogP contribution in [0.5, 0.6) is 28.7 Å². The number of amides is 2. The van der Waals surface area contributed by atoms with Gasteiger partial charge < -0.3 is 23.7 Å². The summed E-state index contributed by atoms with van der Waals surface area (Å²) in [6.07, 6.45) is -0.297. The largest absolute Gasteiger partial charge is 0.493 e. The number of nitrogens with one attached hydrogen (secondary N) is 2. The molecule has 0 fully saturated rings. The Kier molecular flexibility index (Phi) is 6.84. The molecular weight excluding hydrogens is 392 g/mol. The maximum Gasteiger partial charge on any atom is 0.283 e. The molecule has 0 saturated carbocycles. The van der Waals surface area contributed by atoms with Crippen molar-refractivity contribution < 1.29 is 33.3 Å². The molecule has 0 aromatic heterocycles. The fourth-order valence-corrected chi connectivity index (χ4v) is 2.96. The van der Waals surface area contributed by atoms with Crippen molar-refractivity contribution in [2.75, 3.05) is 27.9 Å². The Morgan fingerprint density at radius 1 is 1.00 bits per heavy atom. The van der Waals surface area contributed by atoms with Crippen molar-refractivity contribution in [2.45, 2.75) is 18.9 Å². The van der Waals surface area contributed by atoms with E-state index in [0.717, 1.165) is 5.56 Å². The molecule has 2 amide bonds. The number of para-hydroxylation sites is 2. The summed E-state index contributed by atoms with van der Waals surface area (Å²) in [4.78, 5) is 24.4. The molecule has 1 unspecified atom stereocenters. The van der Waals surface area contributed by atoms with Crippen LogP contribution in [-0.4, -0.2) is 45.9 Å². The second kappa shape index (κ2) is 9.73. The molecule has 1 atom stereocenters. The normalized spacial score (nSPS) is 14.4. The summed E-state index contributed by atoms with van der Waals surface area (Å²) in [5.74, 6) is 1.72. The Bertz CT molecular complexity index is 891. The number of carbonyl (C=O) groups excluding carboxylic acids is 2. The third-order valence-corrected chi connectivity index (χ3v) is 4.49. The van der Waals surface area contributed by atoms with Crippen molar-refractivity contribution in [1.29, 1.82) is 0 Å². The smallest absolute Gasteiger partial charge is 0.283 e. The molecule has 0 aliphatic carbocycles. The number of hydrogen-bond donors (Lipinski definition) is 2. The quantitative estimate of drug-likeness (QED) is 0.661. The molecule has 30 heavy (non-hydrogen) atoms. The molecule has 9 nitrogen and oxygen atoms in total. The molecule has 1 heterocycles. The molecule has 2 N–H and O–H groups in total. The molecule has 3 rings (SSSR count). The minimum absolute atomic E-state index is 0.0597. The topological polar surface area (TPSA) is 104 Å². The molecular formula is C21H24N2O7. The van der Waals surface area contributed by atoms with Gasteiger partial charge in [0.1, 0.15) is 6.61 Å². The number of benzene rings is 2. The number of fused-ring (bicyclic) bond motifs is 1. The van der Waals surface area contributed by atoms with Crippen LogP contribution in [-0.2, 0) is 16.0 Å². The second-order valence-corrected chi connectivity index (χ2v) is 6.44. The minimum Gasteiger partial charge on any atom is -0.493 e. The van der Waals surface area contributed by atoms with E-state index >= 15 is 0 Å². The fourth-order valence-electron chi connectivity index (χ4n) is 2.96. The minimum atomic E-state index is -0.852. The van der Waals surface area contributed by atoms with Gasteiger partial charge in [0.15, 0.2) is 23.0 Å². The highest BCUT2D eigenvalue weighted by atomic mass is 16.6. The maximum atomic E-state index is 12.2. The van der Waals surface area contributed by atoms with Gasteiger partial charge in [-0.2, -0.15) is 0 Å². The number of hydrazine groups is 1. The van der Waals surface area contributed by atoms with Crippen LogP contribution < -0.4 is 34.5 Å². The summed E-state index contributed by atoms with van der Waals surface area (Å²) in [6, 6.07) is 10.6. The molecule has 0 bridgehead atoms. The molecule has 0 radical (unpaired) electrons. The SMILES string of the molecule is COc1cc(CCC(=O)NNC(=O)C2COc3ccccc3O2)cc(OC)c1OC. The zero-order valence-corrected chi connectivity index (χ0v) is 17.0. The van der Waals surface area contributed by atoms with Crippen LogP contribution in [0.3, 0.4) is 0 Å². The lowest BCUT2D eigenvalue weighted by Crippen LogP contribution is -2.50. The lowest BCUT2D eigenvalue weighted by Gasteiger charge is -2.25. The molecule has 2 aromatic rings. The van der Waals surface area contributed by atoms with Crippen LogP contribution in [0.1, 0.15) is 12.0 Å². The average Bonchev–Trinajstić information content (AvgIpc) is 2.79.